The molecule has 0 spiro atoms. The minimum Gasteiger partial charge on any atom is -0.383 e. The van der Waals surface area contributed by atoms with E-state index in [-0.39, 0.29) is 11.6 Å². The molecule has 2 N–H and O–H groups in total. The third-order valence-electron chi connectivity index (χ3n) is 2.78. The monoisotopic (exact) mass is 311 g/mol. The van der Waals surface area contributed by atoms with Crippen molar-refractivity contribution in [3.05, 3.63) is 40.2 Å². The summed E-state index contributed by atoms with van der Waals surface area (Å²) in [6.45, 7) is 4.79. The van der Waals surface area contributed by atoms with E-state index in [9.17, 15) is 8.42 Å². The Hall–Kier alpha value is -1.44. The molecule has 2 rings (SSSR count). The van der Waals surface area contributed by atoms with Crippen LogP contribution in [0.15, 0.2) is 34.8 Å². The second-order valence-electron chi connectivity index (χ2n) is 4.24. The van der Waals surface area contributed by atoms with Crippen molar-refractivity contribution < 1.29 is 8.42 Å². The number of nitrogens with one attached hydrogen (secondary N) is 2. The largest absolute Gasteiger partial charge is 0.383 e. The summed E-state index contributed by atoms with van der Waals surface area (Å²) < 4.78 is 27.2. The van der Waals surface area contributed by atoms with Crippen LogP contribution in [0.5, 0.6) is 0 Å². The third-order valence-corrected chi connectivity index (χ3v) is 5.17. The number of hydrogen-bond acceptors (Lipinski definition) is 5. The quantitative estimate of drug-likeness (QED) is 0.859. The Bertz CT molecular complexity index is 680. The van der Waals surface area contributed by atoms with Gasteiger partial charge in [0.25, 0.3) is 10.0 Å². The maximum Gasteiger partial charge on any atom is 0.260 e. The number of rotatable bonds is 6. The highest BCUT2D eigenvalue weighted by Crippen LogP contribution is 2.19. The van der Waals surface area contributed by atoms with Gasteiger partial charge in [0.1, 0.15) is 0 Å². The van der Waals surface area contributed by atoms with Gasteiger partial charge in [-0.05, 0) is 43.0 Å². The smallest absolute Gasteiger partial charge is 0.260 e. The zero-order valence-corrected chi connectivity index (χ0v) is 13.0. The SMILES string of the molecule is CCNc1cccnc1S(=O)(=O)NCc1sccc1C. The van der Waals surface area contributed by atoms with Crippen molar-refractivity contribution in [2.24, 2.45) is 0 Å². The molecule has 0 bridgehead atoms. The van der Waals surface area contributed by atoms with E-state index in [0.29, 0.717) is 12.2 Å². The number of sulfonamides is 1. The van der Waals surface area contributed by atoms with Crippen LogP contribution in [0.3, 0.4) is 0 Å². The van der Waals surface area contributed by atoms with Gasteiger partial charge in [-0.2, -0.15) is 0 Å². The van der Waals surface area contributed by atoms with Crippen LogP contribution in [0.1, 0.15) is 17.4 Å². The number of aromatic nitrogens is 1. The van der Waals surface area contributed by atoms with Crippen LogP contribution >= 0.6 is 11.3 Å². The Balaban J connectivity index is 2.20. The molecule has 5 nitrogen and oxygen atoms in total. The average molecular weight is 311 g/mol. The summed E-state index contributed by atoms with van der Waals surface area (Å²) in [5.41, 5.74) is 1.61. The molecule has 0 radical (unpaired) electrons. The van der Waals surface area contributed by atoms with E-state index < -0.39 is 10.0 Å². The minimum absolute atomic E-state index is 0.0380. The van der Waals surface area contributed by atoms with E-state index in [4.69, 9.17) is 0 Å². The highest BCUT2D eigenvalue weighted by molar-refractivity contribution is 7.89. The standard InChI is InChI=1S/C13H17N3O2S2/c1-3-14-11-5-4-7-15-13(11)20(17,18)16-9-12-10(2)6-8-19-12/h4-8,14,16H,3,9H2,1-2H3. The Morgan fingerprint density at radius 1 is 1.35 bits per heavy atom. The lowest BCUT2D eigenvalue weighted by atomic mass is 10.3. The molecule has 108 valence electrons. The molecule has 0 aliphatic heterocycles. The highest BCUT2D eigenvalue weighted by atomic mass is 32.2. The fraction of sp³-hybridized carbons (Fsp3) is 0.308. The Labute approximate surface area is 123 Å². The average Bonchev–Trinajstić information content (AvgIpc) is 2.83. The van der Waals surface area contributed by atoms with Crippen LogP contribution in [-0.2, 0) is 16.6 Å². The Morgan fingerprint density at radius 2 is 2.15 bits per heavy atom. The van der Waals surface area contributed by atoms with E-state index in [1.807, 2.05) is 25.3 Å². The predicted molar refractivity (Wildman–Crippen MR) is 81.5 cm³/mol. The van der Waals surface area contributed by atoms with Crippen molar-refractivity contribution >= 4 is 27.0 Å². The number of nitrogens with zero attached hydrogens (tertiary/aromatic N) is 1. The van der Waals surface area contributed by atoms with Gasteiger partial charge in [-0.1, -0.05) is 0 Å². The number of pyridine rings is 1. The minimum atomic E-state index is -3.62. The fourth-order valence-corrected chi connectivity index (χ4v) is 3.78. The first kappa shape index (κ1) is 15.0. The maximum absolute atomic E-state index is 12.3. The van der Waals surface area contributed by atoms with Crippen LogP contribution in [0, 0.1) is 6.92 Å². The molecule has 0 aromatic carbocycles. The maximum atomic E-state index is 12.3. The number of hydrogen-bond donors (Lipinski definition) is 2. The molecule has 2 aromatic heterocycles. The van der Waals surface area contributed by atoms with E-state index in [0.717, 1.165) is 10.4 Å². The van der Waals surface area contributed by atoms with E-state index in [2.05, 4.69) is 15.0 Å². The summed E-state index contributed by atoms with van der Waals surface area (Å²) in [4.78, 5) is 4.99. The first-order chi connectivity index (χ1) is 9.54. The van der Waals surface area contributed by atoms with Crippen molar-refractivity contribution in [2.45, 2.75) is 25.4 Å². The third kappa shape index (κ3) is 3.36. The van der Waals surface area contributed by atoms with Gasteiger partial charge >= 0.3 is 0 Å². The first-order valence-electron chi connectivity index (χ1n) is 6.26. The van der Waals surface area contributed by atoms with Crippen molar-refractivity contribution in [2.75, 3.05) is 11.9 Å². The number of anilines is 1. The predicted octanol–water partition coefficient (Wildman–Crippen LogP) is 2.36. The second kappa shape index (κ2) is 6.34. The molecule has 0 aliphatic rings. The highest BCUT2D eigenvalue weighted by Gasteiger charge is 2.20. The lowest BCUT2D eigenvalue weighted by Gasteiger charge is -2.10. The normalized spacial score (nSPS) is 11.5. The van der Waals surface area contributed by atoms with Crippen molar-refractivity contribution in [1.82, 2.24) is 9.71 Å². The molecule has 0 saturated heterocycles. The molecule has 0 aliphatic carbocycles. The summed E-state index contributed by atoms with van der Waals surface area (Å²) in [6, 6.07) is 5.39. The van der Waals surface area contributed by atoms with Crippen LogP contribution < -0.4 is 10.0 Å². The van der Waals surface area contributed by atoms with Crippen molar-refractivity contribution in [3.8, 4) is 0 Å². The lowest BCUT2D eigenvalue weighted by Crippen LogP contribution is -2.25. The molecule has 7 heteroatoms. The first-order valence-corrected chi connectivity index (χ1v) is 8.62. The van der Waals surface area contributed by atoms with Gasteiger partial charge in [-0.3, -0.25) is 0 Å². The van der Waals surface area contributed by atoms with Crippen molar-refractivity contribution in [3.63, 3.8) is 0 Å². The van der Waals surface area contributed by atoms with E-state index in [1.54, 1.807) is 12.1 Å². The van der Waals surface area contributed by atoms with Gasteiger partial charge in [0, 0.05) is 24.2 Å². The zero-order valence-electron chi connectivity index (χ0n) is 11.4. The van der Waals surface area contributed by atoms with Gasteiger partial charge in [-0.25, -0.2) is 18.1 Å². The number of thiophene rings is 1. The van der Waals surface area contributed by atoms with Crippen LogP contribution in [0.25, 0.3) is 0 Å². The molecule has 0 atom stereocenters. The molecule has 2 heterocycles. The number of aryl methyl sites for hydroxylation is 1. The van der Waals surface area contributed by atoms with Crippen LogP contribution in [0.4, 0.5) is 5.69 Å². The van der Waals surface area contributed by atoms with Crippen molar-refractivity contribution in [1.29, 1.82) is 0 Å². The topological polar surface area (TPSA) is 71.1 Å². The fourth-order valence-electron chi connectivity index (χ4n) is 1.74. The molecule has 0 fully saturated rings. The molecule has 0 amide bonds. The van der Waals surface area contributed by atoms with Gasteiger partial charge in [0.2, 0.25) is 0 Å². The Morgan fingerprint density at radius 3 is 2.80 bits per heavy atom. The molecule has 0 saturated carbocycles. The summed E-state index contributed by atoms with van der Waals surface area (Å²) in [5.74, 6) is 0. The van der Waals surface area contributed by atoms with Crippen LogP contribution in [-0.4, -0.2) is 19.9 Å². The lowest BCUT2D eigenvalue weighted by molar-refractivity contribution is 0.578. The summed E-state index contributed by atoms with van der Waals surface area (Å²) in [5, 5.41) is 4.99. The van der Waals surface area contributed by atoms with Gasteiger partial charge in [-0.15, -0.1) is 11.3 Å². The molecular formula is C13H17N3O2S2. The second-order valence-corrected chi connectivity index (χ2v) is 6.92. The van der Waals surface area contributed by atoms with Gasteiger partial charge in [0.05, 0.1) is 5.69 Å². The van der Waals surface area contributed by atoms with Gasteiger partial charge < -0.3 is 5.32 Å². The van der Waals surface area contributed by atoms with E-state index in [1.165, 1.54) is 17.5 Å². The van der Waals surface area contributed by atoms with Crippen LogP contribution in [0.2, 0.25) is 0 Å². The molecular weight excluding hydrogens is 294 g/mol. The molecule has 0 unspecified atom stereocenters. The summed E-state index contributed by atoms with van der Waals surface area (Å²) in [6.07, 6.45) is 1.48. The summed E-state index contributed by atoms with van der Waals surface area (Å²) in [7, 11) is -3.62. The zero-order chi connectivity index (χ0) is 14.6. The Kier molecular flexibility index (Phi) is 4.74. The molecule has 2 aromatic rings. The molecule has 20 heavy (non-hydrogen) atoms. The van der Waals surface area contributed by atoms with Gasteiger partial charge in [0.15, 0.2) is 5.03 Å². The van der Waals surface area contributed by atoms with E-state index >= 15 is 0 Å². The summed E-state index contributed by atoms with van der Waals surface area (Å²) >= 11 is 1.54.